The van der Waals surface area contributed by atoms with Crippen molar-refractivity contribution in [1.29, 1.82) is 0 Å². The van der Waals surface area contributed by atoms with Crippen LogP contribution in [-0.4, -0.2) is 26.0 Å². The fourth-order valence-corrected chi connectivity index (χ4v) is 2.91. The molecule has 2 N–H and O–H groups in total. The van der Waals surface area contributed by atoms with E-state index in [-0.39, 0.29) is 23.1 Å². The van der Waals surface area contributed by atoms with Crippen molar-refractivity contribution >= 4 is 9.84 Å². The van der Waals surface area contributed by atoms with Gasteiger partial charge >= 0.3 is 0 Å². The Kier molecular flexibility index (Phi) is 2.91. The monoisotopic (exact) mass is 255 g/mol. The maximum atomic E-state index is 11.0. The SMILES string of the molecule is CC(C)(N)c1ccc(OC2CS(=O)(=O)C2)cc1. The molecule has 0 bridgehead atoms. The zero-order valence-electron chi connectivity index (χ0n) is 10.0. The zero-order chi connectivity index (χ0) is 12.7. The van der Waals surface area contributed by atoms with E-state index in [1.807, 2.05) is 38.1 Å². The van der Waals surface area contributed by atoms with Gasteiger partial charge in [-0.15, -0.1) is 0 Å². The van der Waals surface area contributed by atoms with E-state index in [0.29, 0.717) is 5.75 Å². The highest BCUT2D eigenvalue weighted by Crippen LogP contribution is 2.23. The van der Waals surface area contributed by atoms with Crippen LogP contribution in [0.4, 0.5) is 0 Å². The molecule has 2 rings (SSSR count). The lowest BCUT2D eigenvalue weighted by molar-refractivity contribution is 0.230. The number of hydrogen-bond acceptors (Lipinski definition) is 4. The summed E-state index contributed by atoms with van der Waals surface area (Å²) in [5.74, 6) is 0.937. The Morgan fingerprint density at radius 2 is 1.76 bits per heavy atom. The molecule has 1 aliphatic heterocycles. The lowest BCUT2D eigenvalue weighted by atomic mass is 9.96. The molecule has 17 heavy (non-hydrogen) atoms. The van der Waals surface area contributed by atoms with Gasteiger partial charge in [-0.2, -0.15) is 0 Å². The van der Waals surface area contributed by atoms with Crippen molar-refractivity contribution in [3.63, 3.8) is 0 Å². The van der Waals surface area contributed by atoms with Gasteiger partial charge < -0.3 is 10.5 Å². The fraction of sp³-hybridized carbons (Fsp3) is 0.500. The van der Waals surface area contributed by atoms with E-state index in [1.165, 1.54) is 0 Å². The first-order chi connectivity index (χ1) is 7.76. The van der Waals surface area contributed by atoms with Gasteiger partial charge in [0, 0.05) is 5.54 Å². The Labute approximate surface area is 102 Å². The summed E-state index contributed by atoms with van der Waals surface area (Å²) in [5, 5.41) is 0. The molecule has 1 heterocycles. The zero-order valence-corrected chi connectivity index (χ0v) is 10.8. The predicted molar refractivity (Wildman–Crippen MR) is 66.7 cm³/mol. The molecular formula is C12H17NO3S. The summed E-state index contributed by atoms with van der Waals surface area (Å²) in [4.78, 5) is 0. The molecule has 0 aromatic heterocycles. The van der Waals surface area contributed by atoms with Gasteiger partial charge in [-0.3, -0.25) is 0 Å². The number of ether oxygens (including phenoxy) is 1. The van der Waals surface area contributed by atoms with Gasteiger partial charge in [-0.25, -0.2) is 8.42 Å². The first-order valence-electron chi connectivity index (χ1n) is 5.53. The third kappa shape index (κ3) is 2.98. The molecule has 1 aromatic rings. The van der Waals surface area contributed by atoms with Gasteiger partial charge in [-0.05, 0) is 31.5 Å². The van der Waals surface area contributed by atoms with E-state index in [2.05, 4.69) is 0 Å². The second-order valence-electron chi connectivity index (χ2n) is 5.06. The van der Waals surface area contributed by atoms with Crippen LogP contribution in [0.15, 0.2) is 24.3 Å². The minimum atomic E-state index is -2.83. The Bertz CT molecular complexity index is 488. The lowest BCUT2D eigenvalue weighted by Gasteiger charge is -2.27. The van der Waals surface area contributed by atoms with Crippen LogP contribution < -0.4 is 10.5 Å². The molecule has 0 spiro atoms. The van der Waals surface area contributed by atoms with Crippen molar-refractivity contribution in [2.75, 3.05) is 11.5 Å². The smallest absolute Gasteiger partial charge is 0.157 e. The van der Waals surface area contributed by atoms with Crippen molar-refractivity contribution in [2.24, 2.45) is 5.73 Å². The van der Waals surface area contributed by atoms with Crippen LogP contribution in [0.3, 0.4) is 0 Å². The molecule has 5 heteroatoms. The van der Waals surface area contributed by atoms with Crippen LogP contribution in [-0.2, 0) is 15.4 Å². The molecule has 1 aliphatic rings. The van der Waals surface area contributed by atoms with Gasteiger partial charge in [0.15, 0.2) is 9.84 Å². The summed E-state index contributed by atoms with van der Waals surface area (Å²) in [6.45, 7) is 3.86. The average Bonchev–Trinajstić information content (AvgIpc) is 2.14. The average molecular weight is 255 g/mol. The largest absolute Gasteiger partial charge is 0.488 e. The minimum absolute atomic E-state index is 0.122. The highest BCUT2D eigenvalue weighted by Gasteiger charge is 2.35. The number of nitrogens with two attached hydrogens (primary N) is 1. The predicted octanol–water partition coefficient (Wildman–Crippen LogP) is 1.06. The van der Waals surface area contributed by atoms with E-state index >= 15 is 0 Å². The highest BCUT2D eigenvalue weighted by atomic mass is 32.2. The third-order valence-electron chi connectivity index (χ3n) is 2.78. The third-order valence-corrected chi connectivity index (χ3v) is 4.54. The van der Waals surface area contributed by atoms with Gasteiger partial charge in [0.2, 0.25) is 0 Å². The molecule has 0 atom stereocenters. The quantitative estimate of drug-likeness (QED) is 0.876. The second kappa shape index (κ2) is 3.99. The summed E-state index contributed by atoms with van der Waals surface area (Å²) in [5.41, 5.74) is 6.60. The number of benzene rings is 1. The standard InChI is InChI=1S/C12H17NO3S/c1-12(2,13)9-3-5-10(6-4-9)16-11-7-17(14,15)8-11/h3-6,11H,7-8,13H2,1-2H3. The number of rotatable bonds is 3. The van der Waals surface area contributed by atoms with Crippen LogP contribution in [0.2, 0.25) is 0 Å². The first kappa shape index (κ1) is 12.4. The molecule has 1 fully saturated rings. The van der Waals surface area contributed by atoms with E-state index in [1.54, 1.807) is 0 Å². The van der Waals surface area contributed by atoms with Crippen molar-refractivity contribution in [1.82, 2.24) is 0 Å². The van der Waals surface area contributed by atoms with Crippen molar-refractivity contribution < 1.29 is 13.2 Å². The molecule has 0 radical (unpaired) electrons. The van der Waals surface area contributed by atoms with E-state index in [0.717, 1.165) is 5.56 Å². The van der Waals surface area contributed by atoms with Crippen LogP contribution in [0.25, 0.3) is 0 Å². The molecule has 0 unspecified atom stereocenters. The molecule has 94 valence electrons. The normalized spacial score (nSPS) is 19.7. The van der Waals surface area contributed by atoms with Crippen molar-refractivity contribution in [3.05, 3.63) is 29.8 Å². The van der Waals surface area contributed by atoms with Gasteiger partial charge in [0.25, 0.3) is 0 Å². The van der Waals surface area contributed by atoms with Crippen molar-refractivity contribution in [3.8, 4) is 5.75 Å². The number of hydrogen-bond donors (Lipinski definition) is 1. The Balaban J connectivity index is 2.00. The molecule has 0 amide bonds. The Morgan fingerprint density at radius 1 is 1.24 bits per heavy atom. The van der Waals surface area contributed by atoms with Crippen molar-refractivity contribution in [2.45, 2.75) is 25.5 Å². The maximum absolute atomic E-state index is 11.0. The van der Waals surface area contributed by atoms with E-state index < -0.39 is 9.84 Å². The van der Waals surface area contributed by atoms with Gasteiger partial charge in [-0.1, -0.05) is 12.1 Å². The molecule has 4 nitrogen and oxygen atoms in total. The van der Waals surface area contributed by atoms with Gasteiger partial charge in [0.05, 0.1) is 11.5 Å². The van der Waals surface area contributed by atoms with E-state index in [4.69, 9.17) is 10.5 Å². The molecule has 1 aromatic carbocycles. The van der Waals surface area contributed by atoms with Crippen LogP contribution in [0.1, 0.15) is 19.4 Å². The molecular weight excluding hydrogens is 238 g/mol. The van der Waals surface area contributed by atoms with Crippen LogP contribution in [0.5, 0.6) is 5.75 Å². The molecule has 1 saturated heterocycles. The second-order valence-corrected chi connectivity index (χ2v) is 7.22. The van der Waals surface area contributed by atoms with E-state index in [9.17, 15) is 8.42 Å². The summed E-state index contributed by atoms with van der Waals surface area (Å²) in [6, 6.07) is 7.47. The minimum Gasteiger partial charge on any atom is -0.488 e. The topological polar surface area (TPSA) is 69.4 Å². The summed E-state index contributed by atoms with van der Waals surface area (Å²) in [6.07, 6.45) is -0.197. The first-order valence-corrected chi connectivity index (χ1v) is 7.35. The number of sulfone groups is 1. The molecule has 0 aliphatic carbocycles. The fourth-order valence-electron chi connectivity index (χ4n) is 1.74. The summed E-state index contributed by atoms with van der Waals surface area (Å²) < 4.78 is 27.5. The van der Waals surface area contributed by atoms with Gasteiger partial charge in [0.1, 0.15) is 11.9 Å². The highest BCUT2D eigenvalue weighted by molar-refractivity contribution is 7.92. The lowest BCUT2D eigenvalue weighted by Crippen LogP contribution is -2.45. The Morgan fingerprint density at radius 3 is 2.18 bits per heavy atom. The van der Waals surface area contributed by atoms with Crippen LogP contribution >= 0.6 is 0 Å². The summed E-state index contributed by atoms with van der Waals surface area (Å²) >= 11 is 0. The Hall–Kier alpha value is -1.07. The van der Waals surface area contributed by atoms with Crippen LogP contribution in [0, 0.1) is 0 Å². The molecule has 0 saturated carbocycles. The summed E-state index contributed by atoms with van der Waals surface area (Å²) in [7, 11) is -2.83. The maximum Gasteiger partial charge on any atom is 0.157 e.